The van der Waals surface area contributed by atoms with Crippen molar-refractivity contribution in [3.05, 3.63) is 20.2 Å². The van der Waals surface area contributed by atoms with Crippen LogP contribution >= 0.6 is 0 Å². The summed E-state index contributed by atoms with van der Waals surface area (Å²) in [6.07, 6.45) is -0.924. The van der Waals surface area contributed by atoms with Crippen molar-refractivity contribution < 1.29 is 20.1 Å². The minimum absolute atomic E-state index is 0.821. The van der Waals surface area contributed by atoms with Crippen molar-refractivity contribution >= 4 is 0 Å². The fourth-order valence-corrected chi connectivity index (χ4v) is 0.399. The van der Waals surface area contributed by atoms with E-state index in [-0.39, 0.29) is 0 Å². The molecule has 0 atom stereocenters. The second-order valence-electron chi connectivity index (χ2n) is 1.76. The van der Waals surface area contributed by atoms with Gasteiger partial charge in [-0.15, -0.1) is 0 Å². The van der Waals surface area contributed by atoms with Gasteiger partial charge in [-0.05, 0) is 0 Å². The van der Waals surface area contributed by atoms with Gasteiger partial charge >= 0.3 is 5.85 Å². The lowest BCUT2D eigenvalue weighted by atomic mass is 10.3. The number of nitro groups is 2. The maximum Gasteiger partial charge on any atom is 0.578 e. The van der Waals surface area contributed by atoms with E-state index in [1.54, 1.807) is 0 Å². The van der Waals surface area contributed by atoms with Crippen LogP contribution < -0.4 is 0 Å². The molecule has 0 heterocycles. The van der Waals surface area contributed by atoms with Gasteiger partial charge in [-0.25, -0.2) is 0 Å². The van der Waals surface area contributed by atoms with Crippen LogP contribution in [0, 0.1) is 20.2 Å². The van der Waals surface area contributed by atoms with Gasteiger partial charge in [0.15, 0.2) is 0 Å². The zero-order chi connectivity index (χ0) is 9.07. The lowest BCUT2D eigenvalue weighted by Crippen LogP contribution is -2.46. The Morgan fingerprint density at radius 1 is 1.27 bits per heavy atom. The number of hydrogen-bond acceptors (Lipinski definition) is 6. The predicted molar refractivity (Wildman–Crippen MR) is 30.6 cm³/mol. The molecule has 11 heavy (non-hydrogen) atoms. The van der Waals surface area contributed by atoms with Crippen LogP contribution in [-0.4, -0.2) is 32.5 Å². The molecule has 0 bridgehead atoms. The second-order valence-corrected chi connectivity index (χ2v) is 1.76. The van der Waals surface area contributed by atoms with Crippen LogP contribution in [0.5, 0.6) is 0 Å². The molecular formula is C3H6N2O6. The van der Waals surface area contributed by atoms with Gasteiger partial charge in [0.05, 0.1) is 6.61 Å². The van der Waals surface area contributed by atoms with Crippen LogP contribution in [-0.2, 0) is 0 Å². The Labute approximate surface area is 60.4 Å². The standard InChI is InChI=1S/C3H6N2O6/c6-2-1-3(7,4(8)9)5(10)11/h6-7H,1-2H2. The second kappa shape index (κ2) is 3.21. The molecule has 0 saturated heterocycles. The smallest absolute Gasteiger partial charge is 0.396 e. The van der Waals surface area contributed by atoms with Gasteiger partial charge in [0, 0.05) is 0 Å². The number of nitrogens with zero attached hydrogens (tertiary/aromatic N) is 2. The van der Waals surface area contributed by atoms with E-state index in [4.69, 9.17) is 10.2 Å². The van der Waals surface area contributed by atoms with Crippen molar-refractivity contribution in [3.8, 4) is 0 Å². The van der Waals surface area contributed by atoms with Crippen LogP contribution in [0.15, 0.2) is 0 Å². The van der Waals surface area contributed by atoms with E-state index in [0.717, 1.165) is 0 Å². The first-order valence-electron chi connectivity index (χ1n) is 2.57. The number of hydrogen-bond donors (Lipinski definition) is 2. The third-order valence-corrected chi connectivity index (χ3v) is 1.03. The topological polar surface area (TPSA) is 127 Å². The van der Waals surface area contributed by atoms with Crippen molar-refractivity contribution in [3.63, 3.8) is 0 Å². The molecule has 0 aliphatic rings. The molecule has 0 unspecified atom stereocenters. The van der Waals surface area contributed by atoms with E-state index in [1.807, 2.05) is 0 Å². The van der Waals surface area contributed by atoms with Gasteiger partial charge in [-0.2, -0.15) is 0 Å². The van der Waals surface area contributed by atoms with Crippen LogP contribution in [0.25, 0.3) is 0 Å². The van der Waals surface area contributed by atoms with E-state index >= 15 is 0 Å². The molecule has 2 N–H and O–H groups in total. The third-order valence-electron chi connectivity index (χ3n) is 1.03. The molecule has 0 aromatic heterocycles. The number of aliphatic hydroxyl groups is 2. The van der Waals surface area contributed by atoms with E-state index in [1.165, 1.54) is 0 Å². The average molecular weight is 166 g/mol. The summed E-state index contributed by atoms with van der Waals surface area (Å²) in [7, 11) is 0. The zero-order valence-electron chi connectivity index (χ0n) is 5.34. The first-order valence-corrected chi connectivity index (χ1v) is 2.57. The molecule has 0 spiro atoms. The molecule has 0 aromatic carbocycles. The highest BCUT2D eigenvalue weighted by Gasteiger charge is 2.53. The van der Waals surface area contributed by atoms with Gasteiger partial charge in [0.25, 0.3) is 0 Å². The Bertz CT molecular complexity index is 165. The summed E-state index contributed by atoms with van der Waals surface area (Å²) in [6, 6.07) is 0. The Kier molecular flexibility index (Phi) is 2.84. The quantitative estimate of drug-likeness (QED) is 0.299. The Hall–Kier alpha value is -1.28. The highest BCUT2D eigenvalue weighted by atomic mass is 16.7. The lowest BCUT2D eigenvalue weighted by Gasteiger charge is -2.07. The van der Waals surface area contributed by atoms with Gasteiger partial charge in [-0.1, -0.05) is 0 Å². The van der Waals surface area contributed by atoms with Crippen molar-refractivity contribution in [1.29, 1.82) is 0 Å². The monoisotopic (exact) mass is 166 g/mol. The number of aliphatic hydroxyl groups excluding tert-OH is 1. The summed E-state index contributed by atoms with van der Waals surface area (Å²) < 4.78 is 0. The van der Waals surface area contributed by atoms with E-state index in [2.05, 4.69) is 0 Å². The minimum Gasteiger partial charge on any atom is -0.396 e. The fourth-order valence-electron chi connectivity index (χ4n) is 0.399. The van der Waals surface area contributed by atoms with Crippen LogP contribution in [0.3, 0.4) is 0 Å². The van der Waals surface area contributed by atoms with Gasteiger partial charge in [0.1, 0.15) is 16.3 Å². The molecule has 0 saturated carbocycles. The van der Waals surface area contributed by atoms with Crippen molar-refractivity contribution in [2.24, 2.45) is 0 Å². The Balaban J connectivity index is 4.52. The molecule has 8 nitrogen and oxygen atoms in total. The summed E-state index contributed by atoms with van der Waals surface area (Å²) in [5.41, 5.74) is 0. The molecule has 0 amide bonds. The van der Waals surface area contributed by atoms with Crippen molar-refractivity contribution in [2.75, 3.05) is 6.61 Å². The van der Waals surface area contributed by atoms with E-state index in [0.29, 0.717) is 0 Å². The summed E-state index contributed by atoms with van der Waals surface area (Å²) in [4.78, 5) is 16.8. The zero-order valence-corrected chi connectivity index (χ0v) is 5.34. The molecule has 0 rings (SSSR count). The van der Waals surface area contributed by atoms with Crippen LogP contribution in [0.4, 0.5) is 0 Å². The lowest BCUT2D eigenvalue weighted by molar-refractivity contribution is -0.848. The first kappa shape index (κ1) is 9.72. The number of rotatable bonds is 4. The first-order chi connectivity index (χ1) is 4.95. The third kappa shape index (κ3) is 1.82. The van der Waals surface area contributed by atoms with Crippen LogP contribution in [0.2, 0.25) is 0 Å². The molecule has 0 aliphatic carbocycles. The molecule has 0 aliphatic heterocycles. The molecule has 0 fully saturated rings. The Morgan fingerprint density at radius 3 is 1.73 bits per heavy atom. The molecule has 0 radical (unpaired) electrons. The van der Waals surface area contributed by atoms with E-state index in [9.17, 15) is 20.2 Å². The van der Waals surface area contributed by atoms with E-state index < -0.39 is 28.7 Å². The fraction of sp³-hybridized carbons (Fsp3) is 1.00. The van der Waals surface area contributed by atoms with Crippen LogP contribution in [0.1, 0.15) is 6.42 Å². The summed E-state index contributed by atoms with van der Waals surface area (Å²) in [5.74, 6) is -3.26. The molecule has 0 aromatic rings. The Morgan fingerprint density at radius 2 is 1.64 bits per heavy atom. The normalized spacial score (nSPS) is 11.1. The summed E-state index contributed by atoms with van der Waals surface area (Å²) in [6.45, 7) is -0.821. The SMILES string of the molecule is O=[N+]([O-])C(O)(CCO)[N+](=O)[O-]. The van der Waals surface area contributed by atoms with Gasteiger partial charge in [-0.3, -0.25) is 25.3 Å². The van der Waals surface area contributed by atoms with Gasteiger partial charge < -0.3 is 5.11 Å². The maximum atomic E-state index is 9.86. The summed E-state index contributed by atoms with van der Waals surface area (Å²) in [5, 5.41) is 36.4. The minimum atomic E-state index is -3.26. The van der Waals surface area contributed by atoms with Crippen molar-refractivity contribution in [1.82, 2.24) is 0 Å². The molecule has 8 heteroatoms. The highest BCUT2D eigenvalue weighted by molar-refractivity contribution is 4.48. The van der Waals surface area contributed by atoms with Crippen molar-refractivity contribution in [2.45, 2.75) is 12.3 Å². The largest absolute Gasteiger partial charge is 0.578 e. The predicted octanol–water partition coefficient (Wildman–Crippen LogP) is -1.43. The summed E-state index contributed by atoms with van der Waals surface area (Å²) >= 11 is 0. The maximum absolute atomic E-state index is 9.86. The average Bonchev–Trinajstić information content (AvgIpc) is 1.87. The molecule has 64 valence electrons. The molecular weight excluding hydrogens is 160 g/mol. The van der Waals surface area contributed by atoms with Gasteiger partial charge in [0.2, 0.25) is 0 Å². The highest BCUT2D eigenvalue weighted by Crippen LogP contribution is 2.10.